The van der Waals surface area contributed by atoms with Crippen LogP contribution in [0.25, 0.3) is 11.1 Å². The van der Waals surface area contributed by atoms with E-state index in [0.29, 0.717) is 49.4 Å². The molecule has 4 aliphatic heterocycles. The SMILES string of the molecule is CNC(=O)N1CCc2c(-c3cc(OC)c(CN4CCN(CCC5CCN(c6ccc7c(c6)CN(C6CCC(=O)CC6=O)C7=O)CC5)CC45CC5)c(OC)c3)cn(C)c(=O)c2C1. The van der Waals surface area contributed by atoms with Gasteiger partial charge in [0.15, 0.2) is 5.78 Å². The third-order valence-corrected chi connectivity index (χ3v) is 14.6. The molecule has 324 valence electrons. The van der Waals surface area contributed by atoms with Gasteiger partial charge in [-0.15, -0.1) is 0 Å². The summed E-state index contributed by atoms with van der Waals surface area (Å²) >= 11 is 0. The molecule has 1 atom stereocenters. The molecule has 3 aromatic rings. The number of carbonyl (C=O) groups excluding carboxylic acids is 4. The summed E-state index contributed by atoms with van der Waals surface area (Å²) in [4.78, 5) is 74.5. The molecule has 2 saturated heterocycles. The van der Waals surface area contributed by atoms with Crippen LogP contribution in [-0.2, 0) is 42.7 Å². The van der Waals surface area contributed by atoms with E-state index in [1.165, 1.54) is 19.3 Å². The van der Waals surface area contributed by atoms with Crippen molar-refractivity contribution >= 4 is 29.2 Å². The van der Waals surface area contributed by atoms with Gasteiger partial charge in [-0.25, -0.2) is 4.79 Å². The number of aryl methyl sites for hydroxylation is 1. The number of rotatable bonds is 10. The van der Waals surface area contributed by atoms with Crippen molar-refractivity contribution in [3.05, 3.63) is 74.7 Å². The van der Waals surface area contributed by atoms with Crippen molar-refractivity contribution in [2.45, 2.75) is 89.0 Å². The number of pyridine rings is 1. The minimum Gasteiger partial charge on any atom is -0.496 e. The second-order valence-electron chi connectivity index (χ2n) is 18.2. The summed E-state index contributed by atoms with van der Waals surface area (Å²) in [5, 5.41) is 2.69. The molecule has 2 aromatic carbocycles. The maximum Gasteiger partial charge on any atom is 0.317 e. The number of hydrogen-bond donors (Lipinski definition) is 1. The van der Waals surface area contributed by atoms with Gasteiger partial charge in [0.05, 0.1) is 38.8 Å². The van der Waals surface area contributed by atoms with Gasteiger partial charge in [0.1, 0.15) is 17.3 Å². The van der Waals surface area contributed by atoms with E-state index >= 15 is 0 Å². The topological polar surface area (TPSA) is 137 Å². The Labute approximate surface area is 357 Å². The molecule has 9 rings (SSSR count). The number of piperidine rings is 1. The maximum absolute atomic E-state index is 13.3. The predicted molar refractivity (Wildman–Crippen MR) is 231 cm³/mol. The average molecular weight is 834 g/mol. The molecular formula is C47H59N7O7. The highest BCUT2D eigenvalue weighted by molar-refractivity contribution is 6.07. The Hall–Kier alpha value is -5.21. The first-order chi connectivity index (χ1) is 29.5. The fourth-order valence-electron chi connectivity index (χ4n) is 10.8. The first-order valence-electron chi connectivity index (χ1n) is 22.1. The number of urea groups is 1. The molecule has 1 aromatic heterocycles. The van der Waals surface area contributed by atoms with Crippen LogP contribution in [0, 0.1) is 5.92 Å². The Morgan fingerprint density at radius 1 is 0.869 bits per heavy atom. The molecule has 1 unspecified atom stereocenters. The van der Waals surface area contributed by atoms with Gasteiger partial charge in [0.2, 0.25) is 0 Å². The van der Waals surface area contributed by atoms with E-state index in [1.807, 2.05) is 12.3 Å². The van der Waals surface area contributed by atoms with Crippen LogP contribution in [-0.4, -0.2) is 126 Å². The number of nitrogens with one attached hydrogen (secondary N) is 1. The number of ether oxygens (including phenoxy) is 2. The number of amides is 3. The summed E-state index contributed by atoms with van der Waals surface area (Å²) in [6, 6.07) is 9.62. The van der Waals surface area contributed by atoms with Crippen molar-refractivity contribution in [1.82, 2.24) is 29.5 Å². The first kappa shape index (κ1) is 41.2. The minimum absolute atomic E-state index is 0.0256. The van der Waals surface area contributed by atoms with Crippen molar-refractivity contribution in [3.8, 4) is 22.6 Å². The van der Waals surface area contributed by atoms with Crippen molar-refractivity contribution < 1.29 is 28.7 Å². The molecule has 14 nitrogen and oxygen atoms in total. The number of piperazine rings is 1. The predicted octanol–water partition coefficient (Wildman–Crippen LogP) is 4.37. The second kappa shape index (κ2) is 16.6. The standard InChI is InChI=1S/C47H59N7O7/c1-48-46(59)52-18-12-36-37(26-49(2)44(57)38(36)27-52)31-22-42(60-3)39(43(23-31)61-4)28-53-20-19-50(29-47(53)13-14-47)15-9-30-10-16-51(17-11-30)33-5-7-35-32(21-33)25-54(45(35)58)40-8-6-34(55)24-41(40)56/h5,7,21-23,26,30,40H,6,8-20,24-25,27-29H2,1-4H3,(H,48,59). The van der Waals surface area contributed by atoms with Crippen LogP contribution in [0.4, 0.5) is 10.5 Å². The van der Waals surface area contributed by atoms with Crippen molar-refractivity contribution in [3.63, 3.8) is 0 Å². The number of ketones is 2. The largest absolute Gasteiger partial charge is 0.496 e. The van der Waals surface area contributed by atoms with Gasteiger partial charge in [-0.3, -0.25) is 24.1 Å². The molecule has 14 heteroatoms. The Morgan fingerprint density at radius 2 is 1.62 bits per heavy atom. The molecular weight excluding hydrogens is 775 g/mol. The van der Waals surface area contributed by atoms with Crippen molar-refractivity contribution in [2.24, 2.45) is 13.0 Å². The number of carbonyl (C=O) groups is 4. The molecule has 2 aliphatic carbocycles. The Balaban J connectivity index is 0.803. The fourth-order valence-corrected chi connectivity index (χ4v) is 10.8. The van der Waals surface area contributed by atoms with Gasteiger partial charge in [0.25, 0.3) is 11.5 Å². The summed E-state index contributed by atoms with van der Waals surface area (Å²) in [5.41, 5.74) is 7.43. The van der Waals surface area contributed by atoms with Crippen LogP contribution in [0.1, 0.15) is 84.0 Å². The molecule has 1 N–H and O–H groups in total. The smallest absolute Gasteiger partial charge is 0.317 e. The van der Waals surface area contributed by atoms with E-state index in [1.54, 1.807) is 42.7 Å². The van der Waals surface area contributed by atoms with Crippen LogP contribution < -0.4 is 25.2 Å². The summed E-state index contributed by atoms with van der Waals surface area (Å²) in [6.07, 6.45) is 9.06. The van der Waals surface area contributed by atoms with E-state index in [4.69, 9.17) is 9.47 Å². The number of anilines is 1. The highest BCUT2D eigenvalue weighted by atomic mass is 16.5. The Morgan fingerprint density at radius 3 is 2.31 bits per heavy atom. The minimum atomic E-state index is -0.488. The third-order valence-electron chi connectivity index (χ3n) is 14.6. The van der Waals surface area contributed by atoms with Crippen molar-refractivity contribution in [1.29, 1.82) is 0 Å². The Bertz CT molecular complexity index is 2290. The van der Waals surface area contributed by atoms with Gasteiger partial charge in [-0.1, -0.05) is 0 Å². The molecule has 61 heavy (non-hydrogen) atoms. The molecule has 4 fully saturated rings. The number of benzene rings is 2. The van der Waals surface area contributed by atoms with Crippen LogP contribution in [0.5, 0.6) is 11.5 Å². The second-order valence-corrected chi connectivity index (χ2v) is 18.2. The lowest BCUT2D eigenvalue weighted by Crippen LogP contribution is -2.54. The van der Waals surface area contributed by atoms with Gasteiger partial charge < -0.3 is 39.0 Å². The quantitative estimate of drug-likeness (QED) is 0.294. The number of aromatic nitrogens is 1. The zero-order chi connectivity index (χ0) is 42.6. The lowest BCUT2D eigenvalue weighted by molar-refractivity contribution is -0.133. The van der Waals surface area contributed by atoms with E-state index in [0.717, 1.165) is 104 Å². The fraction of sp³-hybridized carbons (Fsp3) is 0.553. The lowest BCUT2D eigenvalue weighted by Gasteiger charge is -2.43. The van der Waals surface area contributed by atoms with Crippen LogP contribution >= 0.6 is 0 Å². The molecule has 2 saturated carbocycles. The number of methoxy groups -OCH3 is 2. The van der Waals surface area contributed by atoms with E-state index in [9.17, 15) is 24.0 Å². The van der Waals surface area contributed by atoms with Crippen molar-refractivity contribution in [2.75, 3.05) is 72.0 Å². The summed E-state index contributed by atoms with van der Waals surface area (Å²) in [6.45, 7) is 8.14. The normalized spacial score (nSPS) is 21.8. The van der Waals surface area contributed by atoms with Crippen LogP contribution in [0.2, 0.25) is 0 Å². The molecule has 6 aliphatic rings. The first-order valence-corrected chi connectivity index (χ1v) is 22.1. The van der Waals surface area contributed by atoms with E-state index in [-0.39, 0.29) is 47.6 Å². The summed E-state index contributed by atoms with van der Waals surface area (Å²) in [5.74, 6) is 1.98. The van der Waals surface area contributed by atoms with Crippen LogP contribution in [0.3, 0.4) is 0 Å². The highest BCUT2D eigenvalue weighted by Gasteiger charge is 2.51. The van der Waals surface area contributed by atoms with E-state index < -0.39 is 6.04 Å². The maximum atomic E-state index is 13.3. The molecule has 0 bridgehead atoms. The van der Waals surface area contributed by atoms with Gasteiger partial charge in [-0.2, -0.15) is 0 Å². The van der Waals surface area contributed by atoms with Gasteiger partial charge in [-0.05, 0) is 104 Å². The monoisotopic (exact) mass is 833 g/mol. The van der Waals surface area contributed by atoms with Gasteiger partial charge >= 0.3 is 6.03 Å². The molecule has 1 spiro atoms. The Kier molecular flexibility index (Phi) is 11.2. The summed E-state index contributed by atoms with van der Waals surface area (Å²) < 4.78 is 13.8. The zero-order valence-electron chi connectivity index (χ0n) is 36.1. The van der Waals surface area contributed by atoms with Gasteiger partial charge in [0, 0.05) is 107 Å². The third kappa shape index (κ3) is 7.81. The highest BCUT2D eigenvalue weighted by Crippen LogP contribution is 2.47. The van der Waals surface area contributed by atoms with Crippen LogP contribution in [0.15, 0.2) is 41.3 Å². The van der Waals surface area contributed by atoms with E-state index in [2.05, 4.69) is 44.3 Å². The molecule has 5 heterocycles. The molecule has 0 radical (unpaired) electrons. The molecule has 3 amide bonds. The number of nitrogens with zero attached hydrogens (tertiary/aromatic N) is 6. The number of fused-ring (bicyclic) bond motifs is 2. The zero-order valence-corrected chi connectivity index (χ0v) is 36.1. The average Bonchev–Trinajstić information content (AvgIpc) is 3.97. The number of hydrogen-bond acceptors (Lipinski definition) is 10. The lowest BCUT2D eigenvalue weighted by atomic mass is 9.91. The summed E-state index contributed by atoms with van der Waals surface area (Å²) in [7, 11) is 6.79. The number of Topliss-reactive ketones (excluding diaryl/α,β-unsaturated/α-hetero) is 2.